The zero-order valence-corrected chi connectivity index (χ0v) is 12.4. The number of rotatable bonds is 3. The van der Waals surface area contributed by atoms with Crippen LogP contribution >= 0.6 is 0 Å². The second-order valence-corrected chi connectivity index (χ2v) is 5.06. The summed E-state index contributed by atoms with van der Waals surface area (Å²) in [6.45, 7) is 1.71. The molecule has 9 nitrogen and oxygen atoms in total. The Labute approximate surface area is 125 Å². The van der Waals surface area contributed by atoms with Crippen molar-refractivity contribution in [2.75, 3.05) is 20.7 Å². The minimum atomic E-state index is -0.743. The standard InChI is InChI=1S/C13H15N4O5/c1-7-6-17-9-10(14-12(17)22-7)15(2)13(20)16(11(9)19)5-4-8(18)21-3/h6,9H,4-5H2,1-3H3/q+1. The second kappa shape index (κ2) is 4.93. The molecule has 1 unspecified atom stereocenters. The van der Waals surface area contributed by atoms with E-state index in [4.69, 9.17) is 4.42 Å². The van der Waals surface area contributed by atoms with Crippen LogP contribution in [0.1, 0.15) is 18.2 Å². The highest BCUT2D eigenvalue weighted by molar-refractivity contribution is 6.19. The number of hydrogen-bond acceptors (Lipinski definition) is 6. The highest BCUT2D eigenvalue weighted by Gasteiger charge is 2.54. The summed E-state index contributed by atoms with van der Waals surface area (Å²) in [5.41, 5.74) is 0. The van der Waals surface area contributed by atoms with Crippen molar-refractivity contribution in [3.8, 4) is 0 Å². The van der Waals surface area contributed by atoms with Gasteiger partial charge >= 0.3 is 18.0 Å². The van der Waals surface area contributed by atoms with Crippen LogP contribution in [0.4, 0.5) is 10.8 Å². The van der Waals surface area contributed by atoms with E-state index in [2.05, 4.69) is 9.73 Å². The lowest BCUT2D eigenvalue weighted by atomic mass is 10.1. The Balaban J connectivity index is 1.91. The third-order valence-corrected chi connectivity index (χ3v) is 3.66. The number of amides is 3. The van der Waals surface area contributed by atoms with Gasteiger partial charge in [0.15, 0.2) is 0 Å². The molecule has 1 aromatic heterocycles. The largest absolute Gasteiger partial charge is 0.506 e. The molecule has 2 aliphatic rings. The molecule has 0 saturated carbocycles. The molecule has 0 radical (unpaired) electrons. The van der Waals surface area contributed by atoms with Crippen LogP contribution in [0.2, 0.25) is 0 Å². The van der Waals surface area contributed by atoms with Crippen LogP contribution in [0.15, 0.2) is 15.6 Å². The van der Waals surface area contributed by atoms with E-state index < -0.39 is 23.9 Å². The summed E-state index contributed by atoms with van der Waals surface area (Å²) in [6.07, 6.45) is 1.61. The van der Waals surface area contributed by atoms with Crippen molar-refractivity contribution in [3.05, 3.63) is 12.0 Å². The molecule has 1 atom stereocenters. The topological polar surface area (TPSA) is 96.3 Å². The summed E-state index contributed by atoms with van der Waals surface area (Å²) in [6, 6.07) is -0.987. The zero-order chi connectivity index (χ0) is 16.0. The molecule has 0 spiro atoms. The van der Waals surface area contributed by atoms with E-state index in [1.54, 1.807) is 17.7 Å². The molecular formula is C13H15N4O5+. The maximum atomic E-state index is 12.6. The summed E-state index contributed by atoms with van der Waals surface area (Å²) < 4.78 is 11.5. The van der Waals surface area contributed by atoms with Crippen LogP contribution in [0, 0.1) is 6.92 Å². The number of amidine groups is 1. The first-order chi connectivity index (χ1) is 10.4. The van der Waals surface area contributed by atoms with Crippen molar-refractivity contribution in [2.45, 2.75) is 19.4 Å². The summed E-state index contributed by atoms with van der Waals surface area (Å²) in [4.78, 5) is 42.7. The molecule has 1 saturated heterocycles. The first kappa shape index (κ1) is 14.2. The fourth-order valence-corrected chi connectivity index (χ4v) is 2.54. The highest BCUT2D eigenvalue weighted by atomic mass is 16.5. The van der Waals surface area contributed by atoms with Gasteiger partial charge in [0.25, 0.3) is 17.8 Å². The Morgan fingerprint density at radius 2 is 2.23 bits per heavy atom. The Morgan fingerprint density at radius 3 is 2.91 bits per heavy atom. The van der Waals surface area contributed by atoms with Crippen LogP contribution in [-0.2, 0) is 14.3 Å². The van der Waals surface area contributed by atoms with Gasteiger partial charge in [0, 0.05) is 18.6 Å². The minimum Gasteiger partial charge on any atom is -0.469 e. The Hall–Kier alpha value is -2.71. The van der Waals surface area contributed by atoms with E-state index >= 15 is 0 Å². The molecule has 0 aliphatic carbocycles. The second-order valence-electron chi connectivity index (χ2n) is 5.06. The van der Waals surface area contributed by atoms with Gasteiger partial charge in [0.05, 0.1) is 13.5 Å². The van der Waals surface area contributed by atoms with Gasteiger partial charge in [-0.2, -0.15) is 4.57 Å². The first-order valence-corrected chi connectivity index (χ1v) is 6.70. The number of aryl methyl sites for hydroxylation is 1. The third-order valence-electron chi connectivity index (χ3n) is 3.66. The number of urea groups is 1. The molecule has 0 aromatic carbocycles. The Bertz CT molecular complexity index is 707. The zero-order valence-electron chi connectivity index (χ0n) is 12.4. The van der Waals surface area contributed by atoms with E-state index in [-0.39, 0.29) is 19.0 Å². The molecule has 3 heterocycles. The van der Waals surface area contributed by atoms with Crippen LogP contribution in [-0.4, -0.2) is 54.2 Å². The Kier molecular flexibility index (Phi) is 3.19. The number of oxazole rings is 1. The molecule has 3 rings (SSSR count). The van der Waals surface area contributed by atoms with Crippen molar-refractivity contribution in [3.63, 3.8) is 0 Å². The van der Waals surface area contributed by atoms with E-state index in [9.17, 15) is 14.4 Å². The van der Waals surface area contributed by atoms with E-state index in [0.29, 0.717) is 11.6 Å². The number of ether oxygens (including phenoxy) is 1. The molecule has 3 amide bonds. The molecular weight excluding hydrogens is 292 g/mol. The van der Waals surface area contributed by atoms with Crippen molar-refractivity contribution < 1.29 is 28.1 Å². The van der Waals surface area contributed by atoms with Gasteiger partial charge in [-0.1, -0.05) is 0 Å². The fraction of sp³-hybridized carbons (Fsp3) is 0.462. The lowest BCUT2D eigenvalue weighted by molar-refractivity contribution is -0.679. The number of hydrogen-bond donors (Lipinski definition) is 0. The average molecular weight is 307 g/mol. The predicted molar refractivity (Wildman–Crippen MR) is 71.3 cm³/mol. The maximum Gasteiger partial charge on any atom is 0.506 e. The van der Waals surface area contributed by atoms with Crippen molar-refractivity contribution in [1.82, 2.24) is 9.80 Å². The molecule has 1 fully saturated rings. The molecule has 116 valence electrons. The summed E-state index contributed by atoms with van der Waals surface area (Å²) in [7, 11) is 2.79. The SMILES string of the molecule is COC(=O)CCN1C(=O)C2C(=Nc3oc(C)c[n+]32)N(C)C1=O. The van der Waals surface area contributed by atoms with Gasteiger partial charge in [0.1, 0.15) is 12.0 Å². The summed E-state index contributed by atoms with van der Waals surface area (Å²) >= 11 is 0. The van der Waals surface area contributed by atoms with Gasteiger partial charge in [-0.05, 0) is 6.92 Å². The van der Waals surface area contributed by atoms with Crippen LogP contribution in [0.25, 0.3) is 0 Å². The van der Waals surface area contributed by atoms with E-state index in [1.165, 1.54) is 19.1 Å². The summed E-state index contributed by atoms with van der Waals surface area (Å²) in [5, 5.41) is 0. The highest BCUT2D eigenvalue weighted by Crippen LogP contribution is 2.28. The number of fused-ring (bicyclic) bond motifs is 3. The molecule has 2 aliphatic heterocycles. The number of carbonyl (C=O) groups is 3. The van der Waals surface area contributed by atoms with Crippen molar-refractivity contribution in [1.29, 1.82) is 0 Å². The number of aliphatic imine (C=N–C) groups is 1. The maximum absolute atomic E-state index is 12.6. The molecule has 22 heavy (non-hydrogen) atoms. The number of carbonyl (C=O) groups excluding carboxylic acids is 3. The van der Waals surface area contributed by atoms with Gasteiger partial charge in [-0.25, -0.2) is 4.79 Å². The number of esters is 1. The van der Waals surface area contributed by atoms with Crippen LogP contribution < -0.4 is 4.57 Å². The molecule has 0 bridgehead atoms. The van der Waals surface area contributed by atoms with Crippen molar-refractivity contribution in [2.24, 2.45) is 4.99 Å². The van der Waals surface area contributed by atoms with Gasteiger partial charge in [0.2, 0.25) is 0 Å². The first-order valence-electron chi connectivity index (χ1n) is 6.70. The number of aromatic nitrogens is 1. The number of likely N-dealkylation sites (N-methyl/N-ethyl adjacent to an activating group) is 1. The smallest absolute Gasteiger partial charge is 0.469 e. The predicted octanol–water partition coefficient (Wildman–Crippen LogP) is -0.0827. The van der Waals surface area contributed by atoms with Crippen LogP contribution in [0.5, 0.6) is 0 Å². The minimum absolute atomic E-state index is 0.0365. The van der Waals surface area contributed by atoms with Gasteiger partial charge in [-0.15, -0.1) is 0 Å². The van der Waals surface area contributed by atoms with Gasteiger partial charge in [-0.3, -0.25) is 19.4 Å². The van der Waals surface area contributed by atoms with Crippen LogP contribution in [0.3, 0.4) is 0 Å². The summed E-state index contributed by atoms with van der Waals surface area (Å²) in [5.74, 6) is 0.0197. The molecule has 9 heteroatoms. The average Bonchev–Trinajstić information content (AvgIpc) is 3.00. The fourth-order valence-electron chi connectivity index (χ4n) is 2.54. The Morgan fingerprint density at radius 1 is 1.50 bits per heavy atom. The quantitative estimate of drug-likeness (QED) is 0.574. The number of nitrogens with zero attached hydrogens (tertiary/aromatic N) is 4. The normalized spacial score (nSPS) is 20.0. The van der Waals surface area contributed by atoms with E-state index in [1.807, 2.05) is 0 Å². The molecule has 1 aromatic rings. The monoisotopic (exact) mass is 307 g/mol. The molecule has 0 N–H and O–H groups in total. The lowest BCUT2D eigenvalue weighted by Gasteiger charge is -2.31. The lowest BCUT2D eigenvalue weighted by Crippen LogP contribution is -2.62. The number of methoxy groups -OCH3 is 1. The van der Waals surface area contributed by atoms with Crippen molar-refractivity contribution >= 4 is 29.8 Å². The van der Waals surface area contributed by atoms with E-state index in [0.717, 1.165) is 4.90 Å². The third kappa shape index (κ3) is 1.97. The number of imide groups is 1. The van der Waals surface area contributed by atoms with Gasteiger partial charge < -0.3 is 9.15 Å².